The van der Waals surface area contributed by atoms with Crippen molar-refractivity contribution in [3.05, 3.63) is 35.8 Å². The van der Waals surface area contributed by atoms with Gasteiger partial charge in [-0.3, -0.25) is 19.2 Å². The van der Waals surface area contributed by atoms with E-state index in [1.807, 2.05) is 6.92 Å². The Morgan fingerprint density at radius 1 is 1.10 bits per heavy atom. The van der Waals surface area contributed by atoms with Gasteiger partial charge >= 0.3 is 23.9 Å². The van der Waals surface area contributed by atoms with E-state index in [0.717, 1.165) is 6.92 Å². The molecule has 0 radical (unpaired) electrons. The summed E-state index contributed by atoms with van der Waals surface area (Å²) < 4.78 is 27.8. The maximum atomic E-state index is 14.8. The lowest BCUT2D eigenvalue weighted by molar-refractivity contribution is -0.278. The minimum absolute atomic E-state index is 0.220. The number of ketones is 1. The fourth-order valence-corrected chi connectivity index (χ4v) is 9.13. The second kappa shape index (κ2) is 9.52. The maximum Gasteiger partial charge on any atom is 0.331 e. The Kier molecular flexibility index (Phi) is 6.80. The predicted octanol–water partition coefficient (Wildman–Crippen LogP) is 3.38. The van der Waals surface area contributed by atoms with Crippen molar-refractivity contribution in [3.63, 3.8) is 0 Å². The number of fused-ring (bicyclic) bond motifs is 6. The molecule has 1 unspecified atom stereocenters. The molecule has 42 heavy (non-hydrogen) atoms. The quantitative estimate of drug-likeness (QED) is 0.399. The molecule has 2 heterocycles. The monoisotopic (exact) mass is 586 g/mol. The first kappa shape index (κ1) is 30.0. The van der Waals surface area contributed by atoms with Gasteiger partial charge in [-0.1, -0.05) is 27.7 Å². The molecule has 3 saturated carbocycles. The number of esters is 4. The molecule has 11 heteroatoms. The number of carbonyl (C=O) groups excluding carboxylic acids is 5. The molecule has 3 fully saturated rings. The molecule has 2 bridgehead atoms. The van der Waals surface area contributed by atoms with Crippen molar-refractivity contribution >= 4 is 29.7 Å². The van der Waals surface area contributed by atoms with E-state index in [2.05, 4.69) is 0 Å². The highest BCUT2D eigenvalue weighted by Crippen LogP contribution is 2.71. The molecule has 0 aromatic carbocycles. The van der Waals surface area contributed by atoms with Gasteiger partial charge in [0.05, 0.1) is 25.2 Å². The predicted molar refractivity (Wildman–Crippen MR) is 143 cm³/mol. The highest BCUT2D eigenvalue weighted by Gasteiger charge is 2.80. The number of furan rings is 1. The zero-order valence-corrected chi connectivity index (χ0v) is 25.0. The van der Waals surface area contributed by atoms with Crippen molar-refractivity contribution < 1.29 is 52.4 Å². The van der Waals surface area contributed by atoms with Gasteiger partial charge in [0.1, 0.15) is 6.10 Å². The second-order valence-electron chi connectivity index (χ2n) is 13.3. The van der Waals surface area contributed by atoms with E-state index in [4.69, 9.17) is 23.4 Å². The van der Waals surface area contributed by atoms with Crippen LogP contribution in [0.5, 0.6) is 0 Å². The molecule has 1 aliphatic heterocycles. The summed E-state index contributed by atoms with van der Waals surface area (Å²) in [5.74, 6) is -4.93. The number of hydrogen-bond acceptors (Lipinski definition) is 11. The Morgan fingerprint density at radius 2 is 1.79 bits per heavy atom. The topological polar surface area (TPSA) is 156 Å². The van der Waals surface area contributed by atoms with Gasteiger partial charge in [0.2, 0.25) is 5.60 Å². The number of methoxy groups -OCH3 is 1. The first-order valence-corrected chi connectivity index (χ1v) is 14.1. The van der Waals surface area contributed by atoms with Crippen molar-refractivity contribution in [2.45, 2.75) is 90.6 Å². The Morgan fingerprint density at radius 3 is 2.36 bits per heavy atom. The number of cyclic esters (lactones) is 1. The molecule has 3 aliphatic carbocycles. The van der Waals surface area contributed by atoms with Gasteiger partial charge in [-0.2, -0.15) is 0 Å². The molecule has 4 aliphatic rings. The van der Waals surface area contributed by atoms with Crippen molar-refractivity contribution in [2.75, 3.05) is 7.11 Å². The van der Waals surface area contributed by atoms with Gasteiger partial charge in [-0.05, 0) is 30.4 Å². The van der Waals surface area contributed by atoms with Gasteiger partial charge in [-0.15, -0.1) is 0 Å². The third kappa shape index (κ3) is 3.92. The number of rotatable bonds is 5. The minimum Gasteiger partial charge on any atom is -0.472 e. The number of ether oxygens (including phenoxy) is 4. The van der Waals surface area contributed by atoms with Crippen LogP contribution in [0.4, 0.5) is 0 Å². The molecular weight excluding hydrogens is 548 g/mol. The van der Waals surface area contributed by atoms with Crippen LogP contribution in [0.15, 0.2) is 34.7 Å². The van der Waals surface area contributed by atoms with E-state index >= 15 is 0 Å². The van der Waals surface area contributed by atoms with E-state index in [1.165, 1.54) is 32.6 Å². The molecule has 228 valence electrons. The van der Waals surface area contributed by atoms with Gasteiger partial charge in [-0.25, -0.2) is 4.79 Å². The smallest absolute Gasteiger partial charge is 0.331 e. The van der Waals surface area contributed by atoms with Gasteiger partial charge < -0.3 is 28.5 Å². The van der Waals surface area contributed by atoms with E-state index < -0.39 is 87.6 Å². The second-order valence-corrected chi connectivity index (χ2v) is 13.3. The molecule has 11 nitrogen and oxygen atoms in total. The Balaban J connectivity index is 1.79. The fraction of sp³-hybridized carbons (Fsp3) is 0.645. The van der Waals surface area contributed by atoms with E-state index in [0.29, 0.717) is 24.0 Å². The zero-order valence-electron chi connectivity index (χ0n) is 25.0. The van der Waals surface area contributed by atoms with Gasteiger partial charge in [0, 0.05) is 60.5 Å². The normalized spacial score (nSPS) is 40.0. The van der Waals surface area contributed by atoms with Crippen LogP contribution in [0.3, 0.4) is 0 Å². The van der Waals surface area contributed by atoms with Crippen molar-refractivity contribution in [1.82, 2.24) is 0 Å². The molecule has 0 saturated heterocycles. The lowest BCUT2D eigenvalue weighted by Gasteiger charge is -2.70. The lowest BCUT2D eigenvalue weighted by Crippen LogP contribution is -2.80. The summed E-state index contributed by atoms with van der Waals surface area (Å²) in [6.45, 7) is 9.41. The van der Waals surface area contributed by atoms with Crippen molar-refractivity contribution in [1.29, 1.82) is 0 Å². The lowest BCUT2D eigenvalue weighted by atomic mass is 9.36. The summed E-state index contributed by atoms with van der Waals surface area (Å²) in [5, 5.41) is 13.0. The number of carbonyl (C=O) groups is 5. The zero-order chi connectivity index (χ0) is 31.0. The molecule has 5 rings (SSSR count). The Bertz CT molecular complexity index is 1370. The number of hydrogen-bond donors (Lipinski definition) is 1. The van der Waals surface area contributed by atoms with Crippen molar-refractivity contribution in [3.8, 4) is 0 Å². The Labute approximate surface area is 243 Å². The summed E-state index contributed by atoms with van der Waals surface area (Å²) in [7, 11) is 1.24. The van der Waals surface area contributed by atoms with E-state index in [-0.39, 0.29) is 6.42 Å². The Hall–Kier alpha value is -3.47. The first-order chi connectivity index (χ1) is 19.5. The van der Waals surface area contributed by atoms with Gasteiger partial charge in [0.25, 0.3) is 0 Å². The first-order valence-electron chi connectivity index (χ1n) is 14.1. The van der Waals surface area contributed by atoms with Crippen LogP contribution < -0.4 is 0 Å². The SMILES string of the molecule is COC(=O)C[C@H]1C(C)(C)[C@H](OC(C)=O)[C@@]2(OC(C)=O)C[C@]3(O)C4=CC(=O)O[C@@H](c5ccoc5)[C@]4(C)CCC3[C@]1(C)C2=O. The van der Waals surface area contributed by atoms with E-state index in [1.54, 1.807) is 26.8 Å². The summed E-state index contributed by atoms with van der Waals surface area (Å²) in [6.07, 6.45) is 2.14. The summed E-state index contributed by atoms with van der Waals surface area (Å²) in [5.41, 5.74) is -6.55. The van der Waals surface area contributed by atoms with Crippen LogP contribution in [0.1, 0.15) is 78.9 Å². The van der Waals surface area contributed by atoms with Crippen molar-refractivity contribution in [2.24, 2.45) is 28.1 Å². The average molecular weight is 587 g/mol. The highest BCUT2D eigenvalue weighted by atomic mass is 16.6. The van der Waals surface area contributed by atoms with E-state index in [9.17, 15) is 29.1 Å². The third-order valence-electron chi connectivity index (χ3n) is 10.6. The standard InChI is InChI=1S/C31H38O11/c1-16(32)40-26-27(3,4)20(12-22(34)38-7)29(6)19-8-10-28(5)21(13-23(35)41-24(28)18-9-11-39-14-18)30(19,37)15-31(26,25(29)36)42-17(2)33/h9,11,13-14,19-20,24,26,37H,8,10,12,15H2,1-7H3/t19?,20-,24-,26-,28+,29-,30+,31+/m0/s1. The maximum absolute atomic E-state index is 14.8. The van der Waals surface area contributed by atoms with Crippen LogP contribution in [0.2, 0.25) is 0 Å². The largest absolute Gasteiger partial charge is 0.472 e. The molecule has 1 N–H and O–H groups in total. The summed E-state index contributed by atoms with van der Waals surface area (Å²) in [6, 6.07) is 1.69. The van der Waals surface area contributed by atoms with Crippen LogP contribution in [-0.2, 0) is 42.9 Å². The molecule has 1 aromatic heterocycles. The van der Waals surface area contributed by atoms with Crippen LogP contribution in [-0.4, -0.2) is 59.2 Å². The third-order valence-corrected chi connectivity index (χ3v) is 10.6. The molecule has 0 amide bonds. The number of aliphatic hydroxyl groups is 1. The molecule has 1 aromatic rings. The van der Waals surface area contributed by atoms with Crippen LogP contribution >= 0.6 is 0 Å². The minimum atomic E-state index is -2.11. The number of Topliss-reactive ketones (excluding diaryl/α,β-unsaturated/α-hetero) is 1. The highest BCUT2D eigenvalue weighted by molar-refractivity contribution is 5.99. The fourth-order valence-electron chi connectivity index (χ4n) is 9.13. The molecule has 0 spiro atoms. The average Bonchev–Trinajstić information content (AvgIpc) is 3.42. The van der Waals surface area contributed by atoms with Gasteiger partial charge in [0.15, 0.2) is 11.9 Å². The van der Waals surface area contributed by atoms with Crippen LogP contribution in [0.25, 0.3) is 0 Å². The summed E-state index contributed by atoms with van der Waals surface area (Å²) in [4.78, 5) is 66.0. The van der Waals surface area contributed by atoms with Crippen LogP contribution in [0, 0.1) is 28.1 Å². The summed E-state index contributed by atoms with van der Waals surface area (Å²) >= 11 is 0. The molecular formula is C31H38O11. The molecule has 8 atom stereocenters.